The van der Waals surface area contributed by atoms with Crippen molar-refractivity contribution in [1.82, 2.24) is 5.32 Å². The maximum Gasteiger partial charge on any atom is 0.287 e. The summed E-state index contributed by atoms with van der Waals surface area (Å²) in [7, 11) is 1.66. The van der Waals surface area contributed by atoms with Crippen LogP contribution >= 0.6 is 0 Å². The Labute approximate surface area is 152 Å². The Morgan fingerprint density at radius 2 is 1.69 bits per heavy atom. The van der Waals surface area contributed by atoms with Crippen molar-refractivity contribution in [2.24, 2.45) is 0 Å². The van der Waals surface area contributed by atoms with E-state index >= 15 is 0 Å². The number of hydrogen-bond acceptors (Lipinski definition) is 4. The highest BCUT2D eigenvalue weighted by molar-refractivity contribution is 5.92. The third-order valence-corrected chi connectivity index (χ3v) is 3.88. The molecule has 0 aliphatic heterocycles. The molecule has 3 aromatic rings. The number of para-hydroxylation sites is 1. The van der Waals surface area contributed by atoms with E-state index < -0.39 is 0 Å². The molecule has 1 aromatic heterocycles. The van der Waals surface area contributed by atoms with Gasteiger partial charge in [0.25, 0.3) is 5.91 Å². The monoisotopic (exact) mass is 351 g/mol. The lowest BCUT2D eigenvalue weighted by molar-refractivity contribution is 0.0919. The average Bonchev–Trinajstić information content (AvgIpc) is 3.15. The molecule has 0 radical (unpaired) electrons. The van der Waals surface area contributed by atoms with E-state index in [2.05, 4.69) is 5.32 Å². The Morgan fingerprint density at radius 1 is 0.962 bits per heavy atom. The van der Waals surface area contributed by atoms with Crippen molar-refractivity contribution in [2.45, 2.75) is 19.8 Å². The number of methoxy groups -OCH3 is 1. The first-order chi connectivity index (χ1) is 12.8. The molecule has 5 heteroatoms. The maximum atomic E-state index is 12.4. The fourth-order valence-corrected chi connectivity index (χ4v) is 2.51. The lowest BCUT2D eigenvalue weighted by Gasteiger charge is -2.08. The van der Waals surface area contributed by atoms with E-state index in [9.17, 15) is 4.79 Å². The Bertz CT molecular complexity index is 825. The van der Waals surface area contributed by atoms with E-state index in [-0.39, 0.29) is 18.3 Å². The molecule has 1 amide bonds. The highest BCUT2D eigenvalue weighted by Gasteiger charge is 2.15. The second kappa shape index (κ2) is 8.87. The highest BCUT2D eigenvalue weighted by Crippen LogP contribution is 2.16. The minimum absolute atomic E-state index is 0.261. The number of hydrogen-bond donors (Lipinski definition) is 1. The Kier molecular flexibility index (Phi) is 6.06. The first-order valence-corrected chi connectivity index (χ1v) is 8.35. The number of benzene rings is 2. The van der Waals surface area contributed by atoms with E-state index in [1.807, 2.05) is 54.6 Å². The molecule has 5 nitrogen and oxygen atoms in total. The van der Waals surface area contributed by atoms with Gasteiger partial charge in [-0.05, 0) is 29.3 Å². The van der Waals surface area contributed by atoms with Crippen LogP contribution in [0.15, 0.2) is 71.3 Å². The Balaban J connectivity index is 1.55. The quantitative estimate of drug-likeness (QED) is 0.668. The summed E-state index contributed by atoms with van der Waals surface area (Å²) in [6.07, 6.45) is 1.50. The fraction of sp³-hybridized carbons (Fsp3) is 0.190. The average molecular weight is 351 g/mol. The van der Waals surface area contributed by atoms with Gasteiger partial charge in [-0.25, -0.2) is 0 Å². The van der Waals surface area contributed by atoms with E-state index in [0.717, 1.165) is 16.9 Å². The molecule has 1 N–H and O–H groups in total. The van der Waals surface area contributed by atoms with Crippen molar-refractivity contribution in [3.63, 3.8) is 0 Å². The zero-order valence-electron chi connectivity index (χ0n) is 14.6. The molecule has 0 bridgehead atoms. The summed E-state index contributed by atoms with van der Waals surface area (Å²) in [6.45, 7) is 1.27. The van der Waals surface area contributed by atoms with E-state index in [1.165, 1.54) is 6.26 Å². The van der Waals surface area contributed by atoms with Gasteiger partial charge in [0.2, 0.25) is 0 Å². The summed E-state index contributed by atoms with van der Waals surface area (Å²) in [4.78, 5) is 12.4. The van der Waals surface area contributed by atoms with Crippen LogP contribution in [-0.4, -0.2) is 13.0 Å². The fourth-order valence-electron chi connectivity index (χ4n) is 2.51. The maximum absolute atomic E-state index is 12.4. The minimum atomic E-state index is -0.261. The zero-order chi connectivity index (χ0) is 18.2. The van der Waals surface area contributed by atoms with Crippen LogP contribution in [0.1, 0.15) is 27.2 Å². The molecule has 0 unspecified atom stereocenters. The van der Waals surface area contributed by atoms with Crippen LogP contribution in [0.3, 0.4) is 0 Å². The van der Waals surface area contributed by atoms with Crippen molar-refractivity contribution >= 4 is 5.91 Å². The van der Waals surface area contributed by atoms with Gasteiger partial charge in [0, 0.05) is 19.2 Å². The molecular weight excluding hydrogens is 330 g/mol. The molecule has 1 heterocycles. The second-order valence-electron chi connectivity index (χ2n) is 5.81. The van der Waals surface area contributed by atoms with Crippen LogP contribution in [0, 0.1) is 0 Å². The Hall–Kier alpha value is -3.05. The van der Waals surface area contributed by atoms with Crippen molar-refractivity contribution in [3.8, 4) is 5.75 Å². The Morgan fingerprint density at radius 3 is 2.42 bits per heavy atom. The van der Waals surface area contributed by atoms with Gasteiger partial charge in [-0.1, -0.05) is 42.5 Å². The third kappa shape index (κ3) is 4.74. The molecule has 0 saturated heterocycles. The van der Waals surface area contributed by atoms with Crippen molar-refractivity contribution in [2.75, 3.05) is 7.11 Å². The van der Waals surface area contributed by atoms with Crippen LogP contribution in [0.4, 0.5) is 0 Å². The molecule has 0 aliphatic rings. The molecule has 0 aliphatic carbocycles. The summed E-state index contributed by atoms with van der Waals surface area (Å²) >= 11 is 0. The predicted octanol–water partition coefficient (Wildman–Crippen LogP) is 3.94. The molecule has 134 valence electrons. The van der Waals surface area contributed by atoms with E-state index in [0.29, 0.717) is 18.7 Å². The largest absolute Gasteiger partial charge is 0.489 e. The summed E-state index contributed by atoms with van der Waals surface area (Å²) in [5.41, 5.74) is 2.81. The van der Waals surface area contributed by atoms with Gasteiger partial charge < -0.3 is 19.2 Å². The van der Waals surface area contributed by atoms with Gasteiger partial charge in [0.05, 0.1) is 12.9 Å². The third-order valence-electron chi connectivity index (χ3n) is 3.88. The molecule has 2 aromatic carbocycles. The second-order valence-corrected chi connectivity index (χ2v) is 5.81. The highest BCUT2D eigenvalue weighted by atomic mass is 16.5. The number of furan rings is 1. The van der Waals surface area contributed by atoms with Gasteiger partial charge in [-0.15, -0.1) is 0 Å². The topological polar surface area (TPSA) is 60.7 Å². The SMILES string of the molecule is COCc1ccc(CNC(=O)c2occc2COc2ccccc2)cc1. The van der Waals surface area contributed by atoms with Gasteiger partial charge in [0.1, 0.15) is 12.4 Å². The van der Waals surface area contributed by atoms with Crippen molar-refractivity contribution < 1.29 is 18.7 Å². The van der Waals surface area contributed by atoms with Crippen LogP contribution in [0.25, 0.3) is 0 Å². The molecule has 0 saturated carbocycles. The van der Waals surface area contributed by atoms with Crippen LogP contribution < -0.4 is 10.1 Å². The summed E-state index contributed by atoms with van der Waals surface area (Å²) in [5, 5.41) is 2.87. The number of carbonyl (C=O) groups is 1. The zero-order valence-corrected chi connectivity index (χ0v) is 14.6. The predicted molar refractivity (Wildman–Crippen MR) is 97.8 cm³/mol. The van der Waals surface area contributed by atoms with Crippen molar-refractivity contribution in [1.29, 1.82) is 0 Å². The van der Waals surface area contributed by atoms with Crippen molar-refractivity contribution in [3.05, 3.63) is 89.4 Å². The molecule has 0 atom stereocenters. The van der Waals surface area contributed by atoms with Gasteiger partial charge >= 0.3 is 0 Å². The molecular formula is C21H21NO4. The van der Waals surface area contributed by atoms with E-state index in [4.69, 9.17) is 13.9 Å². The normalized spacial score (nSPS) is 10.5. The number of carbonyl (C=O) groups excluding carboxylic acids is 1. The first-order valence-electron chi connectivity index (χ1n) is 8.35. The van der Waals surface area contributed by atoms with Gasteiger partial charge in [0.15, 0.2) is 5.76 Å². The number of amides is 1. The molecule has 0 spiro atoms. The summed E-state index contributed by atoms with van der Waals surface area (Å²) in [6, 6.07) is 19.1. The lowest BCUT2D eigenvalue weighted by Crippen LogP contribution is -2.23. The molecule has 26 heavy (non-hydrogen) atoms. The van der Waals surface area contributed by atoms with Gasteiger partial charge in [-0.2, -0.15) is 0 Å². The summed E-state index contributed by atoms with van der Waals surface area (Å²) in [5.74, 6) is 0.760. The van der Waals surface area contributed by atoms with Crippen LogP contribution in [-0.2, 0) is 24.5 Å². The van der Waals surface area contributed by atoms with E-state index in [1.54, 1.807) is 13.2 Å². The smallest absolute Gasteiger partial charge is 0.287 e. The standard InChI is InChI=1S/C21H21NO4/c1-24-14-17-9-7-16(8-10-17)13-22-21(23)20-18(11-12-25-20)15-26-19-5-3-2-4-6-19/h2-12H,13-15H2,1H3,(H,22,23). The number of rotatable bonds is 8. The van der Waals surface area contributed by atoms with Crippen LogP contribution in [0.2, 0.25) is 0 Å². The molecule has 3 rings (SSSR count). The number of nitrogens with one attached hydrogen (secondary N) is 1. The van der Waals surface area contributed by atoms with Gasteiger partial charge in [-0.3, -0.25) is 4.79 Å². The lowest BCUT2D eigenvalue weighted by atomic mass is 10.1. The minimum Gasteiger partial charge on any atom is -0.489 e. The summed E-state index contributed by atoms with van der Waals surface area (Å²) < 4.78 is 16.1. The van der Waals surface area contributed by atoms with Crippen LogP contribution in [0.5, 0.6) is 5.75 Å². The first kappa shape index (κ1) is 17.8. The number of ether oxygens (including phenoxy) is 2. The molecule has 0 fully saturated rings.